The lowest BCUT2D eigenvalue weighted by Gasteiger charge is -2.20. The molecular weight excluding hydrogens is 383 g/mol. The number of benzene rings is 1. The number of hydrogen-bond donors (Lipinski definition) is 3. The van der Waals surface area contributed by atoms with E-state index in [-0.39, 0.29) is 29.6 Å². The zero-order valence-electron chi connectivity index (χ0n) is 15.1. The fourth-order valence-electron chi connectivity index (χ4n) is 2.72. The summed E-state index contributed by atoms with van der Waals surface area (Å²) in [7, 11) is 0. The molecule has 1 aromatic carbocycles. The monoisotopic (exact) mass is 398 g/mol. The molecule has 0 fully saturated rings. The van der Waals surface area contributed by atoms with Crippen LogP contribution in [0.1, 0.15) is 18.8 Å². The fraction of sp³-hybridized carbons (Fsp3) is 0.176. The molecule has 1 aliphatic heterocycles. The molecule has 3 N–H and O–H groups in total. The van der Waals surface area contributed by atoms with Gasteiger partial charge in [0.15, 0.2) is 12.4 Å². The van der Waals surface area contributed by atoms with E-state index in [1.807, 2.05) is 0 Å². The van der Waals surface area contributed by atoms with Crippen molar-refractivity contribution in [2.45, 2.75) is 13.0 Å². The van der Waals surface area contributed by atoms with Crippen molar-refractivity contribution in [1.82, 2.24) is 30.0 Å². The Hall–Kier alpha value is -4.09. The zero-order chi connectivity index (χ0) is 20.4. The number of nitrogens with zero attached hydrogens (tertiary/aromatic N) is 5. The summed E-state index contributed by atoms with van der Waals surface area (Å²) in [6, 6.07) is 2.79. The quantitative estimate of drug-likeness (QED) is 0.604. The minimum Gasteiger partial charge on any atom is -0.481 e. The Bertz CT molecular complexity index is 1070. The number of amides is 3. The van der Waals surface area contributed by atoms with Crippen LogP contribution < -0.4 is 20.7 Å². The van der Waals surface area contributed by atoms with Crippen molar-refractivity contribution in [3.8, 4) is 11.7 Å². The smallest absolute Gasteiger partial charge is 0.319 e. The number of fused-ring (bicyclic) bond motifs is 1. The summed E-state index contributed by atoms with van der Waals surface area (Å²) in [6.45, 7) is 1.50. The summed E-state index contributed by atoms with van der Waals surface area (Å²) >= 11 is 0. The molecule has 4 rings (SSSR count). The molecule has 0 unspecified atom stereocenters. The highest BCUT2D eigenvalue weighted by Gasteiger charge is 2.21. The molecule has 3 amide bonds. The summed E-state index contributed by atoms with van der Waals surface area (Å²) in [5.74, 6) is -0.151. The molecular formula is C17H15FN8O3. The van der Waals surface area contributed by atoms with Gasteiger partial charge in [0.2, 0.25) is 0 Å². The summed E-state index contributed by atoms with van der Waals surface area (Å²) in [5.41, 5.74) is 0.103. The van der Waals surface area contributed by atoms with Crippen LogP contribution in [0.5, 0.6) is 5.75 Å². The van der Waals surface area contributed by atoms with Gasteiger partial charge in [0.1, 0.15) is 17.9 Å². The van der Waals surface area contributed by atoms with E-state index in [1.165, 1.54) is 17.1 Å². The van der Waals surface area contributed by atoms with Crippen LogP contribution >= 0.6 is 0 Å². The van der Waals surface area contributed by atoms with E-state index >= 15 is 0 Å². The van der Waals surface area contributed by atoms with Crippen LogP contribution in [0.25, 0.3) is 5.95 Å². The Morgan fingerprint density at radius 3 is 2.90 bits per heavy atom. The molecule has 0 bridgehead atoms. The van der Waals surface area contributed by atoms with Crippen LogP contribution in [0, 0.1) is 5.82 Å². The van der Waals surface area contributed by atoms with E-state index in [2.05, 4.69) is 36.0 Å². The van der Waals surface area contributed by atoms with E-state index in [0.29, 0.717) is 11.8 Å². The predicted octanol–water partition coefficient (Wildman–Crippen LogP) is 1.41. The Morgan fingerprint density at radius 1 is 1.31 bits per heavy atom. The maximum absolute atomic E-state index is 14.3. The van der Waals surface area contributed by atoms with Crippen molar-refractivity contribution in [3.05, 3.63) is 48.6 Å². The average Bonchev–Trinajstić information content (AvgIpc) is 3.19. The molecule has 1 aliphatic rings. The predicted molar refractivity (Wildman–Crippen MR) is 98.0 cm³/mol. The fourth-order valence-corrected chi connectivity index (χ4v) is 2.72. The molecule has 2 aromatic heterocycles. The largest absolute Gasteiger partial charge is 0.481 e. The number of halogens is 1. The number of carbonyl (C=O) groups excluding carboxylic acids is 2. The van der Waals surface area contributed by atoms with Crippen LogP contribution in [0.2, 0.25) is 0 Å². The SMILES string of the molecule is C[C@H](NC(=O)Nc1cc2c(cc1F)NC(=O)CO2)c1ncnn1-c1ncccn1. The number of rotatable bonds is 4. The molecule has 0 saturated carbocycles. The number of nitrogens with one attached hydrogen (secondary N) is 3. The van der Waals surface area contributed by atoms with Crippen molar-refractivity contribution in [1.29, 1.82) is 0 Å². The Labute approximate surface area is 163 Å². The van der Waals surface area contributed by atoms with E-state index in [0.717, 1.165) is 6.07 Å². The topological polar surface area (TPSA) is 136 Å². The van der Waals surface area contributed by atoms with Gasteiger partial charge >= 0.3 is 6.03 Å². The minimum atomic E-state index is -0.724. The van der Waals surface area contributed by atoms with Crippen LogP contribution in [0.15, 0.2) is 36.9 Å². The van der Waals surface area contributed by atoms with E-state index in [4.69, 9.17) is 4.74 Å². The molecule has 3 aromatic rings. The van der Waals surface area contributed by atoms with Gasteiger partial charge in [0, 0.05) is 24.5 Å². The van der Waals surface area contributed by atoms with Gasteiger partial charge < -0.3 is 20.7 Å². The zero-order valence-corrected chi connectivity index (χ0v) is 15.1. The highest BCUT2D eigenvalue weighted by atomic mass is 19.1. The molecule has 3 heterocycles. The summed E-state index contributed by atoms with van der Waals surface area (Å²) in [5, 5.41) is 11.6. The number of ether oxygens (including phenoxy) is 1. The number of aromatic nitrogens is 5. The van der Waals surface area contributed by atoms with Gasteiger partial charge in [-0.1, -0.05) is 0 Å². The van der Waals surface area contributed by atoms with Gasteiger partial charge in [-0.15, -0.1) is 0 Å². The highest BCUT2D eigenvalue weighted by molar-refractivity contribution is 5.97. The van der Waals surface area contributed by atoms with Gasteiger partial charge in [-0.2, -0.15) is 9.78 Å². The Morgan fingerprint density at radius 2 is 2.10 bits per heavy atom. The molecule has 0 spiro atoms. The average molecular weight is 398 g/mol. The second kappa shape index (κ2) is 7.50. The van der Waals surface area contributed by atoms with Crippen molar-refractivity contribution >= 4 is 23.3 Å². The van der Waals surface area contributed by atoms with Gasteiger partial charge in [0.25, 0.3) is 11.9 Å². The number of urea groups is 1. The van der Waals surface area contributed by atoms with E-state index in [9.17, 15) is 14.0 Å². The first kappa shape index (κ1) is 18.3. The molecule has 0 saturated heterocycles. The molecule has 11 nitrogen and oxygen atoms in total. The molecule has 0 aliphatic carbocycles. The van der Waals surface area contributed by atoms with Crippen molar-refractivity contribution < 1.29 is 18.7 Å². The standard InChI is InChI=1S/C17H15FN8O3/c1-9(15-21-8-22-26(15)16-19-3-2-4-20-16)23-17(28)25-11-6-13-12(5-10(11)18)24-14(27)7-29-13/h2-6,8-9H,7H2,1H3,(H,24,27)(H2,23,25,28)/t9-/m0/s1. The summed E-state index contributed by atoms with van der Waals surface area (Å²) < 4.78 is 20.9. The molecule has 1 atom stereocenters. The van der Waals surface area contributed by atoms with Crippen LogP contribution in [0.4, 0.5) is 20.6 Å². The Kier molecular flexibility index (Phi) is 4.73. The maximum atomic E-state index is 14.3. The summed E-state index contributed by atoms with van der Waals surface area (Å²) in [4.78, 5) is 36.0. The van der Waals surface area contributed by atoms with Crippen molar-refractivity contribution in [3.63, 3.8) is 0 Å². The van der Waals surface area contributed by atoms with Crippen molar-refractivity contribution in [2.24, 2.45) is 0 Å². The lowest BCUT2D eigenvalue weighted by molar-refractivity contribution is -0.118. The molecule has 12 heteroatoms. The molecule has 0 radical (unpaired) electrons. The molecule has 148 valence electrons. The van der Waals surface area contributed by atoms with Gasteiger partial charge in [0.05, 0.1) is 17.4 Å². The lowest BCUT2D eigenvalue weighted by Crippen LogP contribution is -2.33. The maximum Gasteiger partial charge on any atom is 0.319 e. The van der Waals surface area contributed by atoms with E-state index < -0.39 is 17.9 Å². The van der Waals surface area contributed by atoms with Crippen LogP contribution in [-0.4, -0.2) is 43.3 Å². The Balaban J connectivity index is 1.47. The first-order chi connectivity index (χ1) is 14.0. The number of anilines is 2. The second-order valence-corrected chi connectivity index (χ2v) is 6.06. The van der Waals surface area contributed by atoms with E-state index in [1.54, 1.807) is 25.4 Å². The van der Waals surface area contributed by atoms with Crippen LogP contribution in [-0.2, 0) is 4.79 Å². The third-order valence-corrected chi connectivity index (χ3v) is 4.00. The highest BCUT2D eigenvalue weighted by Crippen LogP contribution is 2.32. The lowest BCUT2D eigenvalue weighted by atomic mass is 10.2. The third kappa shape index (κ3) is 3.81. The first-order valence-electron chi connectivity index (χ1n) is 8.52. The van der Waals surface area contributed by atoms with Gasteiger partial charge in [-0.3, -0.25) is 4.79 Å². The molecule has 29 heavy (non-hydrogen) atoms. The van der Waals surface area contributed by atoms with Crippen LogP contribution in [0.3, 0.4) is 0 Å². The van der Waals surface area contributed by atoms with Gasteiger partial charge in [-0.05, 0) is 13.0 Å². The van der Waals surface area contributed by atoms with Gasteiger partial charge in [-0.25, -0.2) is 24.1 Å². The number of hydrogen-bond acceptors (Lipinski definition) is 7. The van der Waals surface area contributed by atoms with Crippen molar-refractivity contribution in [2.75, 3.05) is 17.2 Å². The number of carbonyl (C=O) groups is 2. The first-order valence-corrected chi connectivity index (χ1v) is 8.52. The minimum absolute atomic E-state index is 0.0996. The second-order valence-electron chi connectivity index (χ2n) is 6.06. The normalized spacial score (nSPS) is 13.7. The summed E-state index contributed by atoms with van der Waals surface area (Å²) in [6.07, 6.45) is 4.43. The third-order valence-electron chi connectivity index (χ3n) is 4.00.